The van der Waals surface area contributed by atoms with Gasteiger partial charge in [0.25, 0.3) is 0 Å². The minimum Gasteiger partial charge on any atom is -0.494 e. The smallest absolute Gasteiger partial charge is 0.145 e. The van der Waals surface area contributed by atoms with Gasteiger partial charge < -0.3 is 19.5 Å². The van der Waals surface area contributed by atoms with Crippen LogP contribution in [0.5, 0.6) is 5.75 Å². The maximum atomic E-state index is 5.90. The van der Waals surface area contributed by atoms with Crippen LogP contribution >= 0.6 is 0 Å². The molecule has 2 atom stereocenters. The van der Waals surface area contributed by atoms with Gasteiger partial charge in [0.1, 0.15) is 11.3 Å². The quantitative estimate of drug-likeness (QED) is 0.887. The predicted octanol–water partition coefficient (Wildman–Crippen LogP) is 3.16. The average molecular weight is 316 g/mol. The monoisotopic (exact) mass is 316 g/mol. The van der Waals surface area contributed by atoms with Crippen molar-refractivity contribution in [3.8, 4) is 5.75 Å². The van der Waals surface area contributed by atoms with E-state index in [0.717, 1.165) is 41.1 Å². The number of benzene rings is 1. The van der Waals surface area contributed by atoms with E-state index in [1.165, 1.54) is 0 Å². The Hall–Kier alpha value is -1.85. The van der Waals surface area contributed by atoms with Crippen molar-refractivity contribution in [2.45, 2.75) is 32.4 Å². The number of para-hydroxylation sites is 1. The molecule has 0 spiro atoms. The number of fused-ring (bicyclic) bond motifs is 1. The summed E-state index contributed by atoms with van der Waals surface area (Å²) in [6, 6.07) is 8.25. The first-order valence-electron chi connectivity index (χ1n) is 8.07. The molecule has 0 amide bonds. The fraction of sp³-hybridized carbons (Fsp3) is 0.500. The van der Waals surface area contributed by atoms with Gasteiger partial charge in [0.2, 0.25) is 0 Å². The molecule has 1 N–H and O–H groups in total. The zero-order valence-electron chi connectivity index (χ0n) is 14.0. The Kier molecular flexibility index (Phi) is 4.98. The second kappa shape index (κ2) is 7.15. The van der Waals surface area contributed by atoms with E-state index in [9.17, 15) is 0 Å². The van der Waals surface area contributed by atoms with Crippen molar-refractivity contribution in [3.05, 3.63) is 30.0 Å². The van der Waals surface area contributed by atoms with Gasteiger partial charge in [0, 0.05) is 29.4 Å². The number of hydrogen-bond acceptors (Lipinski definition) is 5. The summed E-state index contributed by atoms with van der Waals surface area (Å²) in [6.07, 6.45) is 1.22. The summed E-state index contributed by atoms with van der Waals surface area (Å²) in [5, 5.41) is 4.60. The number of pyridine rings is 1. The minimum atomic E-state index is 0.201. The number of aryl methyl sites for hydroxylation is 1. The van der Waals surface area contributed by atoms with Crippen LogP contribution < -0.4 is 10.1 Å². The summed E-state index contributed by atoms with van der Waals surface area (Å²) in [5.41, 5.74) is 2.90. The number of nitrogens with zero attached hydrogens (tertiary/aromatic N) is 1. The van der Waals surface area contributed by atoms with Gasteiger partial charge in [-0.3, -0.25) is 0 Å². The van der Waals surface area contributed by atoms with E-state index < -0.39 is 0 Å². The summed E-state index contributed by atoms with van der Waals surface area (Å²) < 4.78 is 16.7. The Bertz CT molecular complexity index is 669. The number of nitrogens with one attached hydrogen (secondary N) is 1. The molecule has 1 aliphatic rings. The summed E-state index contributed by atoms with van der Waals surface area (Å²) in [6.45, 7) is 6.29. The van der Waals surface area contributed by atoms with Crippen LogP contribution in [0.25, 0.3) is 10.9 Å². The molecule has 5 nitrogen and oxygen atoms in total. The molecule has 2 unspecified atom stereocenters. The summed E-state index contributed by atoms with van der Waals surface area (Å²) in [5.74, 6) is 0.793. The second-order valence-corrected chi connectivity index (χ2v) is 6.03. The van der Waals surface area contributed by atoms with Gasteiger partial charge in [-0.1, -0.05) is 12.1 Å². The summed E-state index contributed by atoms with van der Waals surface area (Å²) in [7, 11) is 1.67. The molecular formula is C18H24N2O3. The van der Waals surface area contributed by atoms with Crippen molar-refractivity contribution in [1.29, 1.82) is 0 Å². The third-order valence-electron chi connectivity index (χ3n) is 4.02. The van der Waals surface area contributed by atoms with E-state index in [2.05, 4.69) is 29.4 Å². The Balaban J connectivity index is 1.76. The molecule has 0 bridgehead atoms. The number of ether oxygens (including phenoxy) is 3. The fourth-order valence-electron chi connectivity index (χ4n) is 2.87. The Morgan fingerprint density at radius 2 is 2.30 bits per heavy atom. The number of rotatable bonds is 6. The molecule has 2 aromatic rings. The van der Waals surface area contributed by atoms with Crippen molar-refractivity contribution in [2.24, 2.45) is 0 Å². The number of hydrogen-bond donors (Lipinski definition) is 1. The first-order chi connectivity index (χ1) is 11.2. The minimum absolute atomic E-state index is 0.201. The molecule has 2 heterocycles. The van der Waals surface area contributed by atoms with Crippen LogP contribution in [0.4, 0.5) is 5.69 Å². The molecule has 1 aliphatic heterocycles. The lowest BCUT2D eigenvalue weighted by Crippen LogP contribution is -2.26. The maximum Gasteiger partial charge on any atom is 0.145 e. The highest BCUT2D eigenvalue weighted by Gasteiger charge is 2.17. The molecule has 23 heavy (non-hydrogen) atoms. The molecule has 5 heteroatoms. The standard InChI is InChI=1S/C18H24N2O3/c1-12-9-16(15-5-4-6-17(21-3)18(15)20-12)19-13(2)10-23-14-7-8-22-11-14/h4-6,9,13-14H,7-8,10-11H2,1-3H3,(H,19,20). The second-order valence-electron chi connectivity index (χ2n) is 6.03. The lowest BCUT2D eigenvalue weighted by atomic mass is 10.1. The molecule has 3 rings (SSSR count). The van der Waals surface area contributed by atoms with Gasteiger partial charge in [0.05, 0.1) is 26.4 Å². The van der Waals surface area contributed by atoms with E-state index in [1.54, 1.807) is 7.11 Å². The van der Waals surface area contributed by atoms with Gasteiger partial charge in [-0.25, -0.2) is 4.98 Å². The molecule has 0 saturated carbocycles. The van der Waals surface area contributed by atoms with Crippen LogP contribution in [-0.2, 0) is 9.47 Å². The molecule has 0 radical (unpaired) electrons. The number of anilines is 1. The van der Waals surface area contributed by atoms with Gasteiger partial charge in [0.15, 0.2) is 0 Å². The Morgan fingerprint density at radius 1 is 1.43 bits per heavy atom. The molecular weight excluding hydrogens is 292 g/mol. The van der Waals surface area contributed by atoms with Crippen molar-refractivity contribution < 1.29 is 14.2 Å². The Labute approximate surface area is 137 Å². The van der Waals surface area contributed by atoms with Gasteiger partial charge in [-0.2, -0.15) is 0 Å². The van der Waals surface area contributed by atoms with Crippen molar-refractivity contribution in [3.63, 3.8) is 0 Å². The third kappa shape index (κ3) is 3.74. The van der Waals surface area contributed by atoms with E-state index in [1.807, 2.05) is 19.1 Å². The molecule has 1 aromatic heterocycles. The first-order valence-corrected chi connectivity index (χ1v) is 8.07. The predicted molar refractivity (Wildman–Crippen MR) is 91.3 cm³/mol. The number of methoxy groups -OCH3 is 1. The topological polar surface area (TPSA) is 52.6 Å². The van der Waals surface area contributed by atoms with Crippen molar-refractivity contribution >= 4 is 16.6 Å². The summed E-state index contributed by atoms with van der Waals surface area (Å²) >= 11 is 0. The molecule has 124 valence electrons. The van der Waals surface area contributed by atoms with Crippen molar-refractivity contribution in [1.82, 2.24) is 4.98 Å². The summed E-state index contributed by atoms with van der Waals surface area (Å²) in [4.78, 5) is 4.61. The molecule has 1 saturated heterocycles. The van der Waals surface area contributed by atoms with Gasteiger partial charge >= 0.3 is 0 Å². The van der Waals surface area contributed by atoms with Gasteiger partial charge in [-0.05, 0) is 32.4 Å². The van der Waals surface area contributed by atoms with E-state index in [4.69, 9.17) is 14.2 Å². The van der Waals surface area contributed by atoms with Crippen LogP contribution in [0.1, 0.15) is 19.0 Å². The first kappa shape index (κ1) is 16.0. The maximum absolute atomic E-state index is 5.90. The largest absolute Gasteiger partial charge is 0.494 e. The van der Waals surface area contributed by atoms with Crippen LogP contribution in [0.3, 0.4) is 0 Å². The molecule has 1 fully saturated rings. The van der Waals surface area contributed by atoms with Crippen LogP contribution in [0.2, 0.25) is 0 Å². The third-order valence-corrected chi connectivity index (χ3v) is 4.02. The molecule has 1 aromatic carbocycles. The van der Waals surface area contributed by atoms with Crippen LogP contribution in [-0.4, -0.2) is 44.1 Å². The highest BCUT2D eigenvalue weighted by Crippen LogP contribution is 2.30. The normalized spacial score (nSPS) is 19.0. The van der Waals surface area contributed by atoms with E-state index in [0.29, 0.717) is 13.2 Å². The SMILES string of the molecule is COc1cccc2c(NC(C)COC3CCOC3)cc(C)nc12. The highest BCUT2D eigenvalue weighted by molar-refractivity contribution is 5.95. The lowest BCUT2D eigenvalue weighted by molar-refractivity contribution is 0.0395. The average Bonchev–Trinajstić information content (AvgIpc) is 3.06. The highest BCUT2D eigenvalue weighted by atomic mass is 16.5. The van der Waals surface area contributed by atoms with Crippen LogP contribution in [0.15, 0.2) is 24.3 Å². The van der Waals surface area contributed by atoms with Gasteiger partial charge in [-0.15, -0.1) is 0 Å². The molecule has 0 aliphatic carbocycles. The van der Waals surface area contributed by atoms with Crippen LogP contribution in [0, 0.1) is 6.92 Å². The zero-order chi connectivity index (χ0) is 16.2. The van der Waals surface area contributed by atoms with E-state index >= 15 is 0 Å². The number of aromatic nitrogens is 1. The van der Waals surface area contributed by atoms with E-state index in [-0.39, 0.29) is 12.1 Å². The Morgan fingerprint density at radius 3 is 3.04 bits per heavy atom. The lowest BCUT2D eigenvalue weighted by Gasteiger charge is -2.19. The fourth-order valence-corrected chi connectivity index (χ4v) is 2.87. The van der Waals surface area contributed by atoms with Crippen molar-refractivity contribution in [2.75, 3.05) is 32.2 Å². The zero-order valence-corrected chi connectivity index (χ0v) is 14.0.